The van der Waals surface area contributed by atoms with Crippen molar-refractivity contribution in [1.29, 1.82) is 0 Å². The van der Waals surface area contributed by atoms with Gasteiger partial charge in [-0.1, -0.05) is 24.3 Å². The van der Waals surface area contributed by atoms with E-state index in [1.165, 1.54) is 0 Å². The minimum atomic E-state index is 0.0287. The molecule has 4 heteroatoms. The first-order valence-corrected chi connectivity index (χ1v) is 6.55. The maximum Gasteiger partial charge on any atom is 0.224 e. The van der Waals surface area contributed by atoms with E-state index >= 15 is 0 Å². The van der Waals surface area contributed by atoms with Gasteiger partial charge in [-0.2, -0.15) is 0 Å². The predicted octanol–water partition coefficient (Wildman–Crippen LogP) is 1.45. The summed E-state index contributed by atoms with van der Waals surface area (Å²) in [6.07, 6.45) is 3.36. The number of anilines is 1. The van der Waals surface area contributed by atoms with E-state index in [1.54, 1.807) is 0 Å². The van der Waals surface area contributed by atoms with Crippen molar-refractivity contribution in [2.24, 2.45) is 11.5 Å². The van der Waals surface area contributed by atoms with E-state index in [0.29, 0.717) is 19.5 Å². The van der Waals surface area contributed by atoms with Gasteiger partial charge in [0.15, 0.2) is 0 Å². The fraction of sp³-hybridized carbons (Fsp3) is 0.400. The SMILES string of the molecule is NCC#Cc1cccc(NC(=O)CCCCCN)c1. The molecule has 0 spiro atoms. The minimum Gasteiger partial charge on any atom is -0.330 e. The molecular weight excluding hydrogens is 238 g/mol. The van der Waals surface area contributed by atoms with Gasteiger partial charge >= 0.3 is 0 Å². The quantitative estimate of drug-likeness (QED) is 0.534. The molecule has 1 aromatic carbocycles. The molecule has 0 saturated heterocycles. The Morgan fingerprint density at radius 1 is 1.21 bits per heavy atom. The highest BCUT2D eigenvalue weighted by atomic mass is 16.1. The van der Waals surface area contributed by atoms with Crippen LogP contribution in [0.25, 0.3) is 0 Å². The highest BCUT2D eigenvalue weighted by Crippen LogP contribution is 2.11. The first-order chi connectivity index (χ1) is 9.26. The molecule has 0 saturated carbocycles. The van der Waals surface area contributed by atoms with Gasteiger partial charge in [0.25, 0.3) is 0 Å². The van der Waals surface area contributed by atoms with Gasteiger partial charge in [-0.05, 0) is 37.6 Å². The Labute approximate surface area is 114 Å². The summed E-state index contributed by atoms with van der Waals surface area (Å²) in [4.78, 5) is 11.7. The standard InChI is InChI=1S/C15H21N3O/c16-10-3-1-2-9-15(19)18-14-8-4-6-13(12-14)7-5-11-17/h4,6,8,12H,1-3,9-11,16-17H2,(H,18,19). The first kappa shape index (κ1) is 15.2. The zero-order valence-electron chi connectivity index (χ0n) is 11.1. The Balaban J connectivity index is 2.45. The molecule has 4 nitrogen and oxygen atoms in total. The summed E-state index contributed by atoms with van der Waals surface area (Å²) >= 11 is 0. The molecule has 0 aliphatic heterocycles. The Morgan fingerprint density at radius 3 is 2.79 bits per heavy atom. The van der Waals surface area contributed by atoms with Crippen LogP contribution in [0.5, 0.6) is 0 Å². The van der Waals surface area contributed by atoms with E-state index in [2.05, 4.69) is 17.2 Å². The third kappa shape index (κ3) is 6.61. The lowest BCUT2D eigenvalue weighted by Gasteiger charge is -2.05. The van der Waals surface area contributed by atoms with Crippen LogP contribution in [0.3, 0.4) is 0 Å². The van der Waals surface area contributed by atoms with E-state index in [9.17, 15) is 4.79 Å². The number of amides is 1. The first-order valence-electron chi connectivity index (χ1n) is 6.55. The van der Waals surface area contributed by atoms with Gasteiger partial charge in [-0.3, -0.25) is 4.79 Å². The van der Waals surface area contributed by atoms with Crippen molar-refractivity contribution in [3.8, 4) is 11.8 Å². The molecule has 1 aromatic rings. The summed E-state index contributed by atoms with van der Waals surface area (Å²) < 4.78 is 0. The average Bonchev–Trinajstić information content (AvgIpc) is 2.42. The van der Waals surface area contributed by atoms with Crippen molar-refractivity contribution < 1.29 is 4.79 Å². The van der Waals surface area contributed by atoms with Gasteiger partial charge in [-0.25, -0.2) is 0 Å². The second-order valence-corrected chi connectivity index (χ2v) is 4.23. The van der Waals surface area contributed by atoms with Gasteiger partial charge in [0.2, 0.25) is 5.91 Å². The van der Waals surface area contributed by atoms with E-state index in [0.717, 1.165) is 30.5 Å². The fourth-order valence-electron chi connectivity index (χ4n) is 1.66. The fourth-order valence-corrected chi connectivity index (χ4v) is 1.66. The molecule has 0 radical (unpaired) electrons. The molecule has 0 aromatic heterocycles. The number of nitrogens with two attached hydrogens (primary N) is 2. The van der Waals surface area contributed by atoms with Crippen LogP contribution in [0.2, 0.25) is 0 Å². The lowest BCUT2D eigenvalue weighted by atomic mass is 10.1. The topological polar surface area (TPSA) is 81.1 Å². The van der Waals surface area contributed by atoms with Gasteiger partial charge in [0.1, 0.15) is 0 Å². The van der Waals surface area contributed by atoms with Gasteiger partial charge in [0, 0.05) is 17.7 Å². The summed E-state index contributed by atoms with van der Waals surface area (Å²) in [6, 6.07) is 7.45. The number of rotatable bonds is 6. The van der Waals surface area contributed by atoms with Crippen LogP contribution in [0.4, 0.5) is 5.69 Å². The monoisotopic (exact) mass is 259 g/mol. The predicted molar refractivity (Wildman–Crippen MR) is 78.5 cm³/mol. The number of unbranched alkanes of at least 4 members (excludes halogenated alkanes) is 2. The van der Waals surface area contributed by atoms with Crippen molar-refractivity contribution in [2.45, 2.75) is 25.7 Å². The third-order valence-corrected chi connectivity index (χ3v) is 2.59. The zero-order valence-corrected chi connectivity index (χ0v) is 11.1. The van der Waals surface area contributed by atoms with Crippen molar-refractivity contribution >= 4 is 11.6 Å². The lowest BCUT2D eigenvalue weighted by molar-refractivity contribution is -0.116. The number of benzene rings is 1. The molecule has 0 fully saturated rings. The van der Waals surface area contributed by atoms with E-state index in [1.807, 2.05) is 24.3 Å². The lowest BCUT2D eigenvalue weighted by Crippen LogP contribution is -2.11. The molecule has 1 rings (SSSR count). The average molecular weight is 259 g/mol. The molecule has 0 unspecified atom stereocenters. The summed E-state index contributed by atoms with van der Waals surface area (Å²) in [6.45, 7) is 1.02. The van der Waals surface area contributed by atoms with Crippen LogP contribution in [0.1, 0.15) is 31.2 Å². The normalized spacial score (nSPS) is 9.58. The highest BCUT2D eigenvalue weighted by Gasteiger charge is 2.02. The number of carbonyl (C=O) groups is 1. The molecule has 0 aliphatic rings. The van der Waals surface area contributed by atoms with Crippen molar-refractivity contribution in [2.75, 3.05) is 18.4 Å². The Kier molecular flexibility index (Phi) is 7.33. The summed E-state index contributed by atoms with van der Waals surface area (Å²) in [7, 11) is 0. The zero-order chi connectivity index (χ0) is 13.9. The van der Waals surface area contributed by atoms with Gasteiger partial charge in [0.05, 0.1) is 6.54 Å². The smallest absolute Gasteiger partial charge is 0.224 e. The molecule has 5 N–H and O–H groups in total. The molecular formula is C15H21N3O. The maximum atomic E-state index is 11.7. The second kappa shape index (κ2) is 9.15. The van der Waals surface area contributed by atoms with E-state index in [4.69, 9.17) is 11.5 Å². The van der Waals surface area contributed by atoms with Crippen LogP contribution in [0, 0.1) is 11.8 Å². The Hall–Kier alpha value is -1.83. The van der Waals surface area contributed by atoms with Crippen LogP contribution < -0.4 is 16.8 Å². The van der Waals surface area contributed by atoms with Crippen LogP contribution in [-0.4, -0.2) is 19.0 Å². The number of nitrogens with one attached hydrogen (secondary N) is 1. The summed E-state index contributed by atoms with van der Waals surface area (Å²) in [5.41, 5.74) is 12.3. The maximum absolute atomic E-state index is 11.7. The van der Waals surface area contributed by atoms with Gasteiger partial charge in [-0.15, -0.1) is 0 Å². The molecule has 0 aliphatic carbocycles. The Bertz CT molecular complexity index is 460. The molecule has 19 heavy (non-hydrogen) atoms. The van der Waals surface area contributed by atoms with Crippen molar-refractivity contribution in [3.05, 3.63) is 29.8 Å². The van der Waals surface area contributed by atoms with Crippen LogP contribution in [0.15, 0.2) is 24.3 Å². The van der Waals surface area contributed by atoms with Gasteiger partial charge < -0.3 is 16.8 Å². The van der Waals surface area contributed by atoms with Crippen LogP contribution in [-0.2, 0) is 4.79 Å². The van der Waals surface area contributed by atoms with Crippen LogP contribution >= 0.6 is 0 Å². The second-order valence-electron chi connectivity index (χ2n) is 4.23. The summed E-state index contributed by atoms with van der Waals surface area (Å²) in [5, 5.41) is 2.87. The van der Waals surface area contributed by atoms with E-state index in [-0.39, 0.29) is 5.91 Å². The Morgan fingerprint density at radius 2 is 2.05 bits per heavy atom. The molecule has 102 valence electrons. The summed E-state index contributed by atoms with van der Waals surface area (Å²) in [5.74, 6) is 5.75. The molecule has 0 heterocycles. The van der Waals surface area contributed by atoms with Crippen molar-refractivity contribution in [3.63, 3.8) is 0 Å². The molecule has 0 bridgehead atoms. The number of carbonyl (C=O) groups excluding carboxylic acids is 1. The van der Waals surface area contributed by atoms with Crippen molar-refractivity contribution in [1.82, 2.24) is 0 Å². The number of hydrogen-bond acceptors (Lipinski definition) is 3. The largest absolute Gasteiger partial charge is 0.330 e. The molecule has 0 atom stereocenters. The minimum absolute atomic E-state index is 0.0287. The van der Waals surface area contributed by atoms with E-state index < -0.39 is 0 Å². The number of hydrogen-bond donors (Lipinski definition) is 3. The highest BCUT2D eigenvalue weighted by molar-refractivity contribution is 5.90. The third-order valence-electron chi connectivity index (χ3n) is 2.59. The molecule has 1 amide bonds.